The van der Waals surface area contributed by atoms with Gasteiger partial charge < -0.3 is 4.42 Å². The molecule has 5 heteroatoms. The smallest absolute Gasteiger partial charge is 0.160 e. The van der Waals surface area contributed by atoms with E-state index in [1.807, 2.05) is 60.1 Å². The minimum Gasteiger partial charge on any atom is -0.455 e. The molecule has 0 fully saturated rings. The molecule has 0 aliphatic carbocycles. The number of hydrogen-bond donors (Lipinski definition) is 0. The van der Waals surface area contributed by atoms with Crippen LogP contribution in [0.15, 0.2) is 193 Å². The third-order valence-electron chi connectivity index (χ3n) is 10.7. The van der Waals surface area contributed by atoms with Crippen LogP contribution < -0.4 is 0 Å². The second-order valence-electron chi connectivity index (χ2n) is 13.9. The van der Waals surface area contributed by atoms with E-state index in [4.69, 9.17) is 14.4 Å². The Labute approximate surface area is 327 Å². The summed E-state index contributed by atoms with van der Waals surface area (Å²) in [6.07, 6.45) is 3.65. The highest BCUT2D eigenvalue weighted by molar-refractivity contribution is 7.26. The molecule has 262 valence electrons. The van der Waals surface area contributed by atoms with Crippen molar-refractivity contribution in [3.63, 3.8) is 0 Å². The van der Waals surface area contributed by atoms with Gasteiger partial charge in [-0.15, -0.1) is 11.3 Å². The van der Waals surface area contributed by atoms with E-state index in [9.17, 15) is 0 Å². The average molecular weight is 734 g/mol. The zero-order chi connectivity index (χ0) is 37.0. The molecule has 0 aliphatic rings. The van der Waals surface area contributed by atoms with E-state index in [1.54, 1.807) is 0 Å². The average Bonchev–Trinajstić information content (AvgIpc) is 3.86. The Kier molecular flexibility index (Phi) is 7.64. The van der Waals surface area contributed by atoms with Crippen molar-refractivity contribution in [2.75, 3.05) is 0 Å². The molecule has 0 spiro atoms. The third-order valence-corrected chi connectivity index (χ3v) is 11.9. The monoisotopic (exact) mass is 733 g/mol. The van der Waals surface area contributed by atoms with Gasteiger partial charge in [-0.2, -0.15) is 0 Å². The summed E-state index contributed by atoms with van der Waals surface area (Å²) in [6, 6.07) is 61.6. The van der Waals surface area contributed by atoms with E-state index >= 15 is 0 Å². The zero-order valence-corrected chi connectivity index (χ0v) is 30.9. The lowest BCUT2D eigenvalue weighted by molar-refractivity contribution is 0.670. The van der Waals surface area contributed by atoms with Crippen LogP contribution in [-0.2, 0) is 0 Å². The predicted octanol–water partition coefficient (Wildman–Crippen LogP) is 14.1. The number of aromatic nitrogens is 3. The van der Waals surface area contributed by atoms with Gasteiger partial charge in [0.2, 0.25) is 0 Å². The van der Waals surface area contributed by atoms with Gasteiger partial charge in [0, 0.05) is 71.2 Å². The fourth-order valence-corrected chi connectivity index (χ4v) is 9.23. The summed E-state index contributed by atoms with van der Waals surface area (Å²) in [4.78, 5) is 14.6. The number of pyridine rings is 1. The SMILES string of the molecule is c1ccc(-c2cc(-c3ccccc3-c3ccncc3)nc(-c3ccc(-c4ccc(-c5cccc6c5sc5ccccc56)c5oc6ccccc6c45)cc3)n2)cc1. The van der Waals surface area contributed by atoms with E-state index in [2.05, 4.69) is 145 Å². The van der Waals surface area contributed by atoms with Crippen LogP contribution in [0.25, 0.3) is 109 Å². The number of thiophene rings is 1. The molecule has 0 aliphatic heterocycles. The first-order valence-electron chi connectivity index (χ1n) is 18.7. The van der Waals surface area contributed by atoms with Gasteiger partial charge in [0.1, 0.15) is 11.2 Å². The first-order valence-corrected chi connectivity index (χ1v) is 19.5. The molecule has 11 rings (SSSR count). The van der Waals surface area contributed by atoms with Gasteiger partial charge in [0.15, 0.2) is 5.82 Å². The minimum atomic E-state index is 0.670. The van der Waals surface area contributed by atoms with Crippen LogP contribution in [0.4, 0.5) is 0 Å². The number of furan rings is 1. The maximum atomic E-state index is 6.75. The maximum absolute atomic E-state index is 6.75. The second-order valence-corrected chi connectivity index (χ2v) is 15.0. The van der Waals surface area contributed by atoms with Gasteiger partial charge in [-0.05, 0) is 58.7 Å². The van der Waals surface area contributed by atoms with Crippen molar-refractivity contribution in [3.8, 4) is 67.3 Å². The Bertz CT molecular complexity index is 3240. The van der Waals surface area contributed by atoms with Crippen LogP contribution >= 0.6 is 11.3 Å². The lowest BCUT2D eigenvalue weighted by Crippen LogP contribution is -1.97. The molecule has 4 aromatic heterocycles. The van der Waals surface area contributed by atoms with Crippen LogP contribution in [0.1, 0.15) is 0 Å². The van der Waals surface area contributed by atoms with Crippen LogP contribution in [0.3, 0.4) is 0 Å². The standard InChI is InChI=1S/C51H31N3OS/c1-2-11-34(12-3-1)44-31-45(38-14-5-4-13-36(38)33-27-29-52-30-28-33)54-51(53-44)35-23-21-32(22-24-35)37-25-26-40(49-48(37)43-16-6-8-19-46(43)55-49)42-18-10-17-41-39-15-7-9-20-47(39)56-50(41)42/h1-31H. The summed E-state index contributed by atoms with van der Waals surface area (Å²) < 4.78 is 9.31. The topological polar surface area (TPSA) is 51.8 Å². The van der Waals surface area contributed by atoms with Gasteiger partial charge in [-0.25, -0.2) is 9.97 Å². The lowest BCUT2D eigenvalue weighted by atomic mass is 9.93. The van der Waals surface area contributed by atoms with Crippen LogP contribution in [0.2, 0.25) is 0 Å². The van der Waals surface area contributed by atoms with Gasteiger partial charge in [-0.3, -0.25) is 4.98 Å². The molecule has 0 bridgehead atoms. The molecule has 0 atom stereocenters. The highest BCUT2D eigenvalue weighted by atomic mass is 32.1. The minimum absolute atomic E-state index is 0.670. The number of rotatable bonds is 6. The van der Waals surface area contributed by atoms with Crippen molar-refractivity contribution in [1.29, 1.82) is 0 Å². The highest BCUT2D eigenvalue weighted by Crippen LogP contribution is 2.46. The first kappa shape index (κ1) is 32.2. The Hall–Kier alpha value is -7.21. The van der Waals surface area contributed by atoms with Crippen molar-refractivity contribution in [2.45, 2.75) is 0 Å². The third kappa shape index (κ3) is 5.40. The maximum Gasteiger partial charge on any atom is 0.160 e. The Morgan fingerprint density at radius 1 is 0.411 bits per heavy atom. The Balaban J connectivity index is 1.05. The first-order chi connectivity index (χ1) is 27.8. The molecule has 11 aromatic rings. The lowest BCUT2D eigenvalue weighted by Gasteiger charge is -2.13. The van der Waals surface area contributed by atoms with Crippen molar-refractivity contribution in [3.05, 3.63) is 188 Å². The molecular formula is C51H31N3OS. The van der Waals surface area contributed by atoms with Crippen LogP contribution in [0, 0.1) is 0 Å². The van der Waals surface area contributed by atoms with Gasteiger partial charge in [0.05, 0.1) is 11.4 Å². The van der Waals surface area contributed by atoms with E-state index in [1.165, 1.54) is 25.7 Å². The fraction of sp³-hybridized carbons (Fsp3) is 0. The normalized spacial score (nSPS) is 11.6. The zero-order valence-electron chi connectivity index (χ0n) is 30.1. The molecule has 56 heavy (non-hydrogen) atoms. The van der Waals surface area contributed by atoms with Gasteiger partial charge >= 0.3 is 0 Å². The molecule has 4 heterocycles. The van der Waals surface area contributed by atoms with E-state index in [0.29, 0.717) is 5.82 Å². The number of benzene rings is 7. The summed E-state index contributed by atoms with van der Waals surface area (Å²) in [6.45, 7) is 0. The fourth-order valence-electron chi connectivity index (χ4n) is 8.00. The molecule has 0 N–H and O–H groups in total. The molecule has 4 nitrogen and oxygen atoms in total. The molecule has 0 unspecified atom stereocenters. The van der Waals surface area contributed by atoms with E-state index in [0.717, 1.165) is 77.8 Å². The molecule has 0 saturated carbocycles. The molecule has 0 amide bonds. The van der Waals surface area contributed by atoms with E-state index < -0.39 is 0 Å². The van der Waals surface area contributed by atoms with Crippen molar-refractivity contribution >= 4 is 53.4 Å². The number of hydrogen-bond acceptors (Lipinski definition) is 5. The van der Waals surface area contributed by atoms with Gasteiger partial charge in [0.25, 0.3) is 0 Å². The summed E-state index contributed by atoms with van der Waals surface area (Å²) in [7, 11) is 0. The number of nitrogens with zero attached hydrogens (tertiary/aromatic N) is 3. The molecule has 7 aromatic carbocycles. The van der Waals surface area contributed by atoms with Gasteiger partial charge in [-0.1, -0.05) is 140 Å². The number of para-hydroxylation sites is 1. The summed E-state index contributed by atoms with van der Waals surface area (Å²) in [5.41, 5.74) is 13.2. The highest BCUT2D eigenvalue weighted by Gasteiger charge is 2.20. The van der Waals surface area contributed by atoms with E-state index in [-0.39, 0.29) is 0 Å². The Morgan fingerprint density at radius 3 is 1.91 bits per heavy atom. The van der Waals surface area contributed by atoms with Crippen LogP contribution in [-0.4, -0.2) is 15.0 Å². The quantitative estimate of drug-likeness (QED) is 0.171. The number of fused-ring (bicyclic) bond motifs is 6. The summed E-state index contributed by atoms with van der Waals surface area (Å²) in [5.74, 6) is 0.670. The van der Waals surface area contributed by atoms with Crippen molar-refractivity contribution < 1.29 is 4.42 Å². The summed E-state index contributed by atoms with van der Waals surface area (Å²) in [5, 5.41) is 4.77. The largest absolute Gasteiger partial charge is 0.455 e. The molecular weight excluding hydrogens is 703 g/mol. The molecule has 0 radical (unpaired) electrons. The Morgan fingerprint density at radius 2 is 1.05 bits per heavy atom. The summed E-state index contributed by atoms with van der Waals surface area (Å²) >= 11 is 1.84. The van der Waals surface area contributed by atoms with Crippen molar-refractivity contribution in [2.24, 2.45) is 0 Å². The van der Waals surface area contributed by atoms with Crippen LogP contribution in [0.5, 0.6) is 0 Å². The van der Waals surface area contributed by atoms with Crippen molar-refractivity contribution in [1.82, 2.24) is 15.0 Å². The molecule has 0 saturated heterocycles. The predicted molar refractivity (Wildman–Crippen MR) is 233 cm³/mol. The second kappa shape index (κ2) is 13.3.